The van der Waals surface area contributed by atoms with Gasteiger partial charge in [-0.15, -0.1) is 11.3 Å². The number of methoxy groups -OCH3 is 2. The smallest absolute Gasteiger partial charge is 0.342 e. The van der Waals surface area contributed by atoms with E-state index in [1.807, 2.05) is 30.3 Å². The Bertz CT molecular complexity index is 1270. The lowest BCUT2D eigenvalue weighted by molar-refractivity contribution is -0.119. The van der Waals surface area contributed by atoms with Crippen LogP contribution in [-0.2, 0) is 9.53 Å². The minimum atomic E-state index is -0.654. The molecule has 0 bridgehead atoms. The van der Waals surface area contributed by atoms with Crippen LogP contribution in [0.4, 0.5) is 5.13 Å². The van der Waals surface area contributed by atoms with Crippen molar-refractivity contribution >= 4 is 28.3 Å². The van der Waals surface area contributed by atoms with Crippen molar-refractivity contribution in [2.24, 2.45) is 0 Å². The summed E-state index contributed by atoms with van der Waals surface area (Å²) >= 11 is 1.24. The molecule has 168 valence electrons. The number of carbonyl (C=O) groups is 2. The third-order valence-corrected chi connectivity index (χ3v) is 5.45. The van der Waals surface area contributed by atoms with E-state index in [9.17, 15) is 9.59 Å². The van der Waals surface area contributed by atoms with Crippen LogP contribution in [0.15, 0.2) is 60.1 Å². The molecular weight excluding hydrogens is 444 g/mol. The number of ether oxygens (including phenoxy) is 3. The molecule has 2 aromatic carbocycles. The van der Waals surface area contributed by atoms with E-state index in [0.29, 0.717) is 28.0 Å². The second kappa shape index (κ2) is 9.96. The zero-order valence-corrected chi connectivity index (χ0v) is 18.6. The Balaban J connectivity index is 1.39. The molecule has 0 atom stereocenters. The lowest BCUT2D eigenvalue weighted by atomic mass is 10.1. The lowest BCUT2D eigenvalue weighted by Crippen LogP contribution is -2.21. The molecule has 9 nitrogen and oxygen atoms in total. The first-order valence-electron chi connectivity index (χ1n) is 9.82. The lowest BCUT2D eigenvalue weighted by Gasteiger charge is -2.08. The van der Waals surface area contributed by atoms with Crippen molar-refractivity contribution < 1.29 is 23.8 Å². The molecule has 4 rings (SSSR count). The quantitative estimate of drug-likeness (QED) is 0.379. The Labute approximate surface area is 193 Å². The van der Waals surface area contributed by atoms with Gasteiger partial charge >= 0.3 is 5.97 Å². The number of benzene rings is 2. The molecule has 2 N–H and O–H groups in total. The molecule has 0 unspecified atom stereocenters. The number of esters is 1. The summed E-state index contributed by atoms with van der Waals surface area (Å²) in [5.41, 5.74) is 2.91. The largest absolute Gasteiger partial charge is 0.497 e. The van der Waals surface area contributed by atoms with Crippen molar-refractivity contribution in [2.75, 3.05) is 26.1 Å². The van der Waals surface area contributed by atoms with E-state index in [2.05, 4.69) is 20.5 Å². The van der Waals surface area contributed by atoms with Gasteiger partial charge in [0, 0.05) is 16.5 Å². The molecular formula is C23H20N4O5S. The van der Waals surface area contributed by atoms with Gasteiger partial charge in [-0.25, -0.2) is 9.78 Å². The Kier molecular flexibility index (Phi) is 6.65. The van der Waals surface area contributed by atoms with E-state index in [0.717, 1.165) is 11.1 Å². The summed E-state index contributed by atoms with van der Waals surface area (Å²) < 4.78 is 15.8. The van der Waals surface area contributed by atoms with Crippen molar-refractivity contribution in [2.45, 2.75) is 0 Å². The van der Waals surface area contributed by atoms with Crippen LogP contribution in [0, 0.1) is 0 Å². The molecule has 33 heavy (non-hydrogen) atoms. The molecule has 0 saturated carbocycles. The number of H-pyrrole nitrogens is 1. The number of hydrogen-bond donors (Lipinski definition) is 2. The molecule has 1 amide bonds. The van der Waals surface area contributed by atoms with Crippen molar-refractivity contribution in [3.8, 4) is 34.0 Å². The summed E-state index contributed by atoms with van der Waals surface area (Å²) in [6.07, 6.45) is 1.37. The summed E-state index contributed by atoms with van der Waals surface area (Å²) in [7, 11) is 3.14. The van der Waals surface area contributed by atoms with Crippen LogP contribution in [0.5, 0.6) is 11.5 Å². The van der Waals surface area contributed by atoms with E-state index in [4.69, 9.17) is 14.2 Å². The fraction of sp³-hybridized carbons (Fsp3) is 0.130. The topological polar surface area (TPSA) is 115 Å². The van der Waals surface area contributed by atoms with E-state index in [-0.39, 0.29) is 5.56 Å². The van der Waals surface area contributed by atoms with Crippen molar-refractivity contribution in [1.29, 1.82) is 0 Å². The summed E-state index contributed by atoms with van der Waals surface area (Å²) in [5.74, 6) is 0.123. The molecule has 2 heterocycles. The van der Waals surface area contributed by atoms with E-state index in [1.54, 1.807) is 37.8 Å². The summed E-state index contributed by atoms with van der Waals surface area (Å²) in [6.45, 7) is -0.463. The first-order chi connectivity index (χ1) is 16.1. The van der Waals surface area contributed by atoms with E-state index < -0.39 is 18.5 Å². The fourth-order valence-corrected chi connectivity index (χ4v) is 3.83. The van der Waals surface area contributed by atoms with Gasteiger partial charge in [0.15, 0.2) is 11.7 Å². The van der Waals surface area contributed by atoms with Crippen LogP contribution >= 0.6 is 11.3 Å². The van der Waals surface area contributed by atoms with Crippen molar-refractivity contribution in [3.05, 3.63) is 65.7 Å². The molecule has 0 aliphatic rings. The van der Waals surface area contributed by atoms with E-state index in [1.165, 1.54) is 17.5 Å². The molecule has 4 aromatic rings. The third-order valence-electron chi connectivity index (χ3n) is 4.69. The molecule has 2 aromatic heterocycles. The number of nitrogens with one attached hydrogen (secondary N) is 2. The summed E-state index contributed by atoms with van der Waals surface area (Å²) in [6, 6.07) is 14.6. The molecule has 0 fully saturated rings. The van der Waals surface area contributed by atoms with E-state index >= 15 is 0 Å². The Hall–Kier alpha value is -4.18. The number of thiazole rings is 1. The number of amides is 1. The average molecular weight is 465 g/mol. The normalized spacial score (nSPS) is 10.5. The Morgan fingerprint density at radius 3 is 2.67 bits per heavy atom. The Morgan fingerprint density at radius 2 is 1.91 bits per heavy atom. The summed E-state index contributed by atoms with van der Waals surface area (Å²) in [4.78, 5) is 29.2. The fourth-order valence-electron chi connectivity index (χ4n) is 3.10. The highest BCUT2D eigenvalue weighted by molar-refractivity contribution is 7.14. The maximum Gasteiger partial charge on any atom is 0.342 e. The zero-order valence-electron chi connectivity index (χ0n) is 17.8. The SMILES string of the molecule is COc1ccc(OC)c(-c2csc(NC(=O)COC(=O)c3cn[nH]c3-c3ccccc3)n2)c1. The second-order valence-corrected chi connectivity index (χ2v) is 7.61. The molecule has 0 aliphatic heterocycles. The van der Waals surface area contributed by atoms with Crippen LogP contribution < -0.4 is 14.8 Å². The first-order valence-corrected chi connectivity index (χ1v) is 10.7. The molecule has 0 aliphatic carbocycles. The number of nitrogens with zero attached hydrogens (tertiary/aromatic N) is 2. The molecule has 0 saturated heterocycles. The van der Waals surface area contributed by atoms with Crippen LogP contribution in [-0.4, -0.2) is 47.9 Å². The standard InChI is InChI=1S/C23H20N4O5S/c1-30-15-8-9-19(31-2)16(10-15)18-13-33-23(25-18)26-20(28)12-32-22(29)17-11-24-27-21(17)14-6-4-3-5-7-14/h3-11,13H,12H2,1-2H3,(H,24,27)(H,25,26,28). The van der Waals surface area contributed by atoms with Crippen LogP contribution in [0.3, 0.4) is 0 Å². The van der Waals surface area contributed by atoms with Gasteiger partial charge in [0.05, 0.1) is 31.8 Å². The maximum absolute atomic E-state index is 12.5. The highest BCUT2D eigenvalue weighted by Gasteiger charge is 2.18. The van der Waals surface area contributed by atoms with Gasteiger partial charge in [0.1, 0.15) is 17.1 Å². The minimum absolute atomic E-state index is 0.246. The predicted octanol–water partition coefficient (Wildman–Crippen LogP) is 4.01. The third kappa shape index (κ3) is 5.01. The van der Waals surface area contributed by atoms with Crippen LogP contribution in [0.2, 0.25) is 0 Å². The number of hydrogen-bond acceptors (Lipinski definition) is 8. The van der Waals surface area contributed by atoms with Crippen molar-refractivity contribution in [1.82, 2.24) is 15.2 Å². The highest BCUT2D eigenvalue weighted by atomic mass is 32.1. The number of rotatable bonds is 8. The number of aromatic amines is 1. The van der Waals surface area contributed by atoms with Gasteiger partial charge in [-0.1, -0.05) is 30.3 Å². The van der Waals surface area contributed by atoms with Crippen molar-refractivity contribution in [3.63, 3.8) is 0 Å². The van der Waals surface area contributed by atoms with Crippen LogP contribution in [0.25, 0.3) is 22.5 Å². The molecule has 0 spiro atoms. The van der Waals surface area contributed by atoms with Gasteiger partial charge in [-0.3, -0.25) is 15.2 Å². The Morgan fingerprint density at radius 1 is 1.09 bits per heavy atom. The predicted molar refractivity (Wildman–Crippen MR) is 124 cm³/mol. The maximum atomic E-state index is 12.5. The number of aromatic nitrogens is 3. The number of anilines is 1. The van der Waals surface area contributed by atoms with Gasteiger partial charge in [0.25, 0.3) is 5.91 Å². The van der Waals surface area contributed by atoms with Crippen LogP contribution in [0.1, 0.15) is 10.4 Å². The van der Waals surface area contributed by atoms with Gasteiger partial charge < -0.3 is 14.2 Å². The molecule has 10 heteroatoms. The first kappa shape index (κ1) is 22.0. The number of carbonyl (C=O) groups excluding carboxylic acids is 2. The van der Waals surface area contributed by atoms with Gasteiger partial charge in [-0.2, -0.15) is 5.10 Å². The second-order valence-electron chi connectivity index (χ2n) is 6.75. The molecule has 0 radical (unpaired) electrons. The average Bonchev–Trinajstić information content (AvgIpc) is 3.53. The minimum Gasteiger partial charge on any atom is -0.497 e. The van der Waals surface area contributed by atoms with Gasteiger partial charge in [0.2, 0.25) is 0 Å². The highest BCUT2D eigenvalue weighted by Crippen LogP contribution is 2.35. The zero-order chi connectivity index (χ0) is 23.2. The monoisotopic (exact) mass is 464 g/mol. The summed E-state index contributed by atoms with van der Waals surface area (Å²) in [5, 5.41) is 11.5. The van der Waals surface area contributed by atoms with Gasteiger partial charge in [-0.05, 0) is 18.2 Å².